The molecule has 0 unspecified atom stereocenters. The second kappa shape index (κ2) is 7.57. The van der Waals surface area contributed by atoms with Crippen molar-refractivity contribution in [2.75, 3.05) is 11.9 Å². The Bertz CT molecular complexity index is 1480. The molecule has 5 rings (SSSR count). The summed E-state index contributed by atoms with van der Waals surface area (Å²) in [6, 6.07) is 14.2. The van der Waals surface area contributed by atoms with Crippen molar-refractivity contribution in [1.82, 2.24) is 4.57 Å². The molecule has 152 valence electrons. The summed E-state index contributed by atoms with van der Waals surface area (Å²) in [6.07, 6.45) is 2.13. The Balaban J connectivity index is 1.73. The van der Waals surface area contributed by atoms with E-state index in [0.29, 0.717) is 11.6 Å². The summed E-state index contributed by atoms with van der Waals surface area (Å²) in [7, 11) is 4.07. The van der Waals surface area contributed by atoms with Crippen molar-refractivity contribution in [1.29, 1.82) is 0 Å². The summed E-state index contributed by atoms with van der Waals surface area (Å²) >= 11 is 11.1. The van der Waals surface area contributed by atoms with Gasteiger partial charge in [-0.05, 0) is 31.2 Å². The molecule has 2 aromatic carbocycles. The molecule has 0 spiro atoms. The van der Waals surface area contributed by atoms with E-state index in [1.807, 2.05) is 36.7 Å². The van der Waals surface area contributed by atoms with Crippen molar-refractivity contribution in [2.24, 2.45) is 7.05 Å². The topological polar surface area (TPSA) is 29.1 Å². The fourth-order valence-electron chi connectivity index (χ4n) is 3.64. The molecule has 0 saturated carbocycles. The number of nitrogens with zero attached hydrogens (tertiary/aromatic N) is 3. The van der Waals surface area contributed by atoms with Crippen molar-refractivity contribution in [3.05, 3.63) is 72.0 Å². The Labute approximate surface area is 191 Å². The third-order valence-corrected chi connectivity index (χ3v) is 9.12. The predicted molar refractivity (Wildman–Crippen MR) is 129 cm³/mol. The van der Waals surface area contributed by atoms with Gasteiger partial charge in [-0.25, -0.2) is 0 Å². The number of aromatic nitrogens is 2. The van der Waals surface area contributed by atoms with Crippen molar-refractivity contribution >= 4 is 73.0 Å². The Kier molecular flexibility index (Phi) is 5.01. The molecule has 3 heterocycles. The smallest absolute Gasteiger partial charge is 0.271 e. The molecule has 0 radical (unpaired) electrons. The lowest BCUT2D eigenvalue weighted by Gasteiger charge is -2.12. The van der Waals surface area contributed by atoms with Crippen LogP contribution in [0.3, 0.4) is 0 Å². The van der Waals surface area contributed by atoms with Crippen LogP contribution in [-0.4, -0.2) is 11.6 Å². The number of thiazole rings is 2. The van der Waals surface area contributed by atoms with Gasteiger partial charge in [-0.2, -0.15) is 4.57 Å². The van der Waals surface area contributed by atoms with E-state index in [0.717, 1.165) is 29.8 Å². The van der Waals surface area contributed by atoms with Crippen molar-refractivity contribution in [2.45, 2.75) is 18.4 Å². The summed E-state index contributed by atoms with van der Waals surface area (Å²) in [5, 5.41) is 2.79. The fourth-order valence-corrected chi connectivity index (χ4v) is 7.40. The highest BCUT2D eigenvalue weighted by molar-refractivity contribution is 8.08. The second-order valence-electron chi connectivity index (χ2n) is 7.01. The normalized spacial score (nSPS) is 16.0. The average Bonchev–Trinajstić information content (AvgIpc) is 3.34. The Hall–Kier alpha value is -2.06. The van der Waals surface area contributed by atoms with Crippen molar-refractivity contribution in [3.8, 4) is 0 Å². The fraction of sp³-hybridized carbons (Fsp3) is 0.182. The number of para-hydroxylation sites is 1. The number of aryl methyl sites for hydroxylation is 1. The molecule has 0 bridgehead atoms. The van der Waals surface area contributed by atoms with Gasteiger partial charge in [-0.15, -0.1) is 11.3 Å². The van der Waals surface area contributed by atoms with Crippen LogP contribution < -0.4 is 24.2 Å². The standard InChI is InChI=1S/C22H19ClN3OS3/c1-4-26-19(12-18-24(2)14-7-5-6-8-16(14)28-18)30-20(21(26)27)22-25(3)15-11-13(23)9-10-17(15)29-22/h5-12H,4H2,1-3H3/q+1/b22-20-. The molecule has 1 aliphatic heterocycles. The number of fused-ring (bicyclic) bond motifs is 2. The molecule has 0 N–H and O–H groups in total. The molecule has 4 aromatic rings. The number of hydrogen-bond acceptors (Lipinski definition) is 5. The van der Waals surface area contributed by atoms with Gasteiger partial charge in [0.15, 0.2) is 0 Å². The van der Waals surface area contributed by atoms with Crippen LogP contribution in [0.5, 0.6) is 0 Å². The highest BCUT2D eigenvalue weighted by Crippen LogP contribution is 2.46. The molecule has 0 amide bonds. The van der Waals surface area contributed by atoms with Crippen LogP contribution in [0.25, 0.3) is 21.3 Å². The van der Waals surface area contributed by atoms with Crippen LogP contribution in [0.4, 0.5) is 5.69 Å². The number of hydrogen-bond donors (Lipinski definition) is 0. The van der Waals surface area contributed by atoms with Crippen LogP contribution in [0.15, 0.2) is 52.2 Å². The minimum atomic E-state index is 0.0609. The van der Waals surface area contributed by atoms with E-state index < -0.39 is 0 Å². The molecule has 2 aromatic heterocycles. The van der Waals surface area contributed by atoms with E-state index in [4.69, 9.17) is 11.6 Å². The lowest BCUT2D eigenvalue weighted by molar-refractivity contribution is -0.642. The largest absolute Gasteiger partial charge is 0.337 e. The third-order valence-electron chi connectivity index (χ3n) is 5.23. The number of anilines is 1. The minimum Gasteiger partial charge on any atom is -0.337 e. The van der Waals surface area contributed by atoms with Crippen LogP contribution in [0.1, 0.15) is 11.9 Å². The summed E-state index contributed by atoms with van der Waals surface area (Å²) in [5.74, 6) is 0. The monoisotopic (exact) mass is 472 g/mol. The van der Waals surface area contributed by atoms with Gasteiger partial charge >= 0.3 is 0 Å². The average molecular weight is 473 g/mol. The van der Waals surface area contributed by atoms with Gasteiger partial charge in [0.1, 0.15) is 26.0 Å². The summed E-state index contributed by atoms with van der Waals surface area (Å²) < 4.78 is 7.02. The highest BCUT2D eigenvalue weighted by Gasteiger charge is 2.25. The number of rotatable bonds is 2. The lowest BCUT2D eigenvalue weighted by Crippen LogP contribution is -2.34. The molecule has 0 fully saturated rings. The van der Waals surface area contributed by atoms with Gasteiger partial charge in [-0.1, -0.05) is 46.8 Å². The van der Waals surface area contributed by atoms with Gasteiger partial charge in [0.2, 0.25) is 5.52 Å². The first-order valence-corrected chi connectivity index (χ1v) is 12.3. The molecule has 0 saturated heterocycles. The summed E-state index contributed by atoms with van der Waals surface area (Å²) in [4.78, 5) is 16.5. The van der Waals surface area contributed by atoms with Gasteiger partial charge in [-0.3, -0.25) is 9.36 Å². The quantitative estimate of drug-likeness (QED) is 0.416. The van der Waals surface area contributed by atoms with E-state index >= 15 is 0 Å². The van der Waals surface area contributed by atoms with E-state index in [2.05, 4.69) is 46.9 Å². The van der Waals surface area contributed by atoms with Crippen LogP contribution in [0, 0.1) is 0 Å². The van der Waals surface area contributed by atoms with E-state index in [-0.39, 0.29) is 5.56 Å². The van der Waals surface area contributed by atoms with Crippen molar-refractivity contribution < 1.29 is 4.57 Å². The Morgan fingerprint density at radius 3 is 2.73 bits per heavy atom. The molecule has 1 aliphatic rings. The highest BCUT2D eigenvalue weighted by atomic mass is 35.5. The van der Waals surface area contributed by atoms with Crippen LogP contribution in [-0.2, 0) is 13.6 Å². The molecular formula is C22H19ClN3OS3+. The minimum absolute atomic E-state index is 0.0609. The molecule has 0 atom stereocenters. The first-order chi connectivity index (χ1) is 14.5. The number of halogens is 1. The maximum atomic E-state index is 13.3. The van der Waals surface area contributed by atoms with Crippen molar-refractivity contribution in [3.63, 3.8) is 0 Å². The maximum Gasteiger partial charge on any atom is 0.271 e. The van der Waals surface area contributed by atoms with Gasteiger partial charge in [0.05, 0.1) is 11.8 Å². The van der Waals surface area contributed by atoms with E-state index in [1.54, 1.807) is 34.4 Å². The Morgan fingerprint density at radius 2 is 1.97 bits per heavy atom. The molecule has 4 nitrogen and oxygen atoms in total. The van der Waals surface area contributed by atoms with Gasteiger partial charge < -0.3 is 4.90 Å². The summed E-state index contributed by atoms with van der Waals surface area (Å²) in [5.41, 5.74) is 2.30. The number of thioether (sulfide) groups is 1. The molecular weight excluding hydrogens is 454 g/mol. The number of benzene rings is 2. The molecule has 0 aliphatic carbocycles. The first kappa shape index (κ1) is 19.9. The molecule has 8 heteroatoms. The van der Waals surface area contributed by atoms with Crippen LogP contribution in [0.2, 0.25) is 5.02 Å². The second-order valence-corrected chi connectivity index (χ2v) is 10.6. The lowest BCUT2D eigenvalue weighted by atomic mass is 10.3. The van der Waals surface area contributed by atoms with Crippen LogP contribution >= 0.6 is 46.0 Å². The maximum absolute atomic E-state index is 13.3. The predicted octanol–water partition coefficient (Wildman–Crippen LogP) is 3.76. The zero-order valence-electron chi connectivity index (χ0n) is 16.7. The van der Waals surface area contributed by atoms with Gasteiger partial charge in [0.25, 0.3) is 10.6 Å². The zero-order valence-corrected chi connectivity index (χ0v) is 19.9. The van der Waals surface area contributed by atoms with Gasteiger partial charge in [0, 0.05) is 29.6 Å². The molecule has 30 heavy (non-hydrogen) atoms. The summed E-state index contributed by atoms with van der Waals surface area (Å²) in [6.45, 7) is 2.65. The third kappa shape index (κ3) is 3.12. The zero-order chi connectivity index (χ0) is 21.0. The van der Waals surface area contributed by atoms with E-state index in [1.165, 1.54) is 10.2 Å². The first-order valence-electron chi connectivity index (χ1n) is 9.52. The Morgan fingerprint density at radius 1 is 1.17 bits per heavy atom. The SMILES string of the molecule is CCn1c(=O)/c(=C2/Sc3ccc(Cl)cc3N2C)s/c1=C/c1sc2ccccc2[n+]1C. The van der Waals surface area contributed by atoms with E-state index in [9.17, 15) is 4.79 Å².